The quantitative estimate of drug-likeness (QED) is 0.633. The molecule has 8 heteroatoms. The molecule has 1 amide bonds. The molecule has 1 saturated carbocycles. The van der Waals surface area contributed by atoms with Crippen LogP contribution in [-0.2, 0) is 4.79 Å². The Bertz CT molecular complexity index is 1240. The zero-order valence-electron chi connectivity index (χ0n) is 19.9. The summed E-state index contributed by atoms with van der Waals surface area (Å²) in [7, 11) is 0. The number of rotatable bonds is 4. The summed E-state index contributed by atoms with van der Waals surface area (Å²) in [5.41, 5.74) is 5.86. The summed E-state index contributed by atoms with van der Waals surface area (Å²) in [5, 5.41) is 17.0. The molecule has 1 N–H and O–H groups in total. The van der Waals surface area contributed by atoms with Gasteiger partial charge in [-0.2, -0.15) is 10.4 Å². The van der Waals surface area contributed by atoms with Crippen molar-refractivity contribution >= 4 is 22.8 Å². The molecule has 0 unspecified atom stereocenters. The van der Waals surface area contributed by atoms with Crippen LogP contribution in [0.3, 0.4) is 0 Å². The maximum atomic E-state index is 12.8. The normalized spacial score (nSPS) is 22.7. The highest BCUT2D eigenvalue weighted by atomic mass is 16.2. The molecule has 35 heavy (non-hydrogen) atoms. The van der Waals surface area contributed by atoms with Crippen molar-refractivity contribution in [3.05, 3.63) is 48.8 Å². The van der Waals surface area contributed by atoms with Crippen LogP contribution >= 0.6 is 0 Å². The Morgan fingerprint density at radius 3 is 2.40 bits per heavy atom. The number of carbonyl (C=O) groups is 1. The standard InChI is InChI=1S/C27H31N7O/c28-18-20-15-22(16-20)27(35)33-13-11-32(12-14-33)25-5-6-30-34-19-23(17-26(25)34)21-1-3-24(4-2-21)31-9-7-29-8-10-31/h1-6,17,19-20,22,29H,7-16H2. The summed E-state index contributed by atoms with van der Waals surface area (Å²) in [6.45, 7) is 7.21. The highest BCUT2D eigenvalue weighted by Crippen LogP contribution is 2.35. The minimum atomic E-state index is 0.0463. The van der Waals surface area contributed by atoms with Gasteiger partial charge in [-0.3, -0.25) is 4.79 Å². The molecule has 8 nitrogen and oxygen atoms in total. The van der Waals surface area contributed by atoms with Crippen molar-refractivity contribution in [1.82, 2.24) is 19.8 Å². The number of nitriles is 1. The molecule has 1 aliphatic carbocycles. The van der Waals surface area contributed by atoms with Crippen LogP contribution in [-0.4, -0.2) is 72.8 Å². The first kappa shape index (κ1) is 21.9. The van der Waals surface area contributed by atoms with E-state index in [1.807, 2.05) is 15.6 Å². The molecule has 6 rings (SSSR count). The maximum absolute atomic E-state index is 12.8. The minimum Gasteiger partial charge on any atom is -0.369 e. The van der Waals surface area contributed by atoms with Crippen molar-refractivity contribution in [2.45, 2.75) is 12.8 Å². The molecule has 0 radical (unpaired) electrons. The molecule has 0 bridgehead atoms. The van der Waals surface area contributed by atoms with E-state index in [0.717, 1.165) is 82.0 Å². The van der Waals surface area contributed by atoms with Crippen LogP contribution in [0.4, 0.5) is 11.4 Å². The number of aromatic nitrogens is 2. The highest BCUT2D eigenvalue weighted by Gasteiger charge is 2.37. The van der Waals surface area contributed by atoms with E-state index in [4.69, 9.17) is 5.26 Å². The van der Waals surface area contributed by atoms with Crippen molar-refractivity contribution in [1.29, 1.82) is 5.26 Å². The van der Waals surface area contributed by atoms with Gasteiger partial charge in [0, 0.05) is 87.8 Å². The van der Waals surface area contributed by atoms with Gasteiger partial charge < -0.3 is 20.0 Å². The Morgan fingerprint density at radius 2 is 1.69 bits per heavy atom. The fourth-order valence-electron chi connectivity index (χ4n) is 5.56. The van der Waals surface area contributed by atoms with E-state index in [9.17, 15) is 4.79 Å². The molecule has 3 aliphatic rings. The smallest absolute Gasteiger partial charge is 0.225 e. The Morgan fingerprint density at radius 1 is 0.943 bits per heavy atom. The Hall–Kier alpha value is -3.57. The summed E-state index contributed by atoms with van der Waals surface area (Å²) < 4.78 is 1.96. The Balaban J connectivity index is 1.16. The van der Waals surface area contributed by atoms with Crippen molar-refractivity contribution in [2.24, 2.45) is 11.8 Å². The molecule has 2 saturated heterocycles. The van der Waals surface area contributed by atoms with Gasteiger partial charge in [0.15, 0.2) is 0 Å². The Kier molecular flexibility index (Phi) is 5.78. The van der Waals surface area contributed by atoms with Gasteiger partial charge in [-0.05, 0) is 42.7 Å². The lowest BCUT2D eigenvalue weighted by Crippen LogP contribution is -2.52. The van der Waals surface area contributed by atoms with Crippen molar-refractivity contribution in [3.63, 3.8) is 0 Å². The average molecular weight is 470 g/mol. The lowest BCUT2D eigenvalue weighted by molar-refractivity contribution is -0.139. The van der Waals surface area contributed by atoms with E-state index in [1.54, 1.807) is 0 Å². The number of fused-ring (bicyclic) bond motifs is 1. The Labute approximate surface area is 205 Å². The number of hydrogen-bond acceptors (Lipinski definition) is 6. The van der Waals surface area contributed by atoms with Crippen LogP contribution in [0.25, 0.3) is 16.6 Å². The SMILES string of the molecule is N#CC1CC(C(=O)N2CCN(c3ccnn4cc(-c5ccc(N6CCNCC6)cc5)cc34)CC2)C1. The molecule has 0 spiro atoms. The second-order valence-electron chi connectivity index (χ2n) is 9.87. The van der Waals surface area contributed by atoms with Crippen molar-refractivity contribution in [3.8, 4) is 17.2 Å². The lowest BCUT2D eigenvalue weighted by Gasteiger charge is -2.40. The fraction of sp³-hybridized carbons (Fsp3) is 0.444. The van der Waals surface area contributed by atoms with E-state index in [2.05, 4.69) is 68.9 Å². The van der Waals surface area contributed by atoms with Gasteiger partial charge in [0.2, 0.25) is 5.91 Å². The third-order valence-electron chi connectivity index (χ3n) is 7.77. The summed E-state index contributed by atoms with van der Waals surface area (Å²) in [4.78, 5) is 19.5. The van der Waals surface area contributed by atoms with Gasteiger partial charge in [0.05, 0.1) is 17.3 Å². The maximum Gasteiger partial charge on any atom is 0.225 e. The van der Waals surface area contributed by atoms with Gasteiger partial charge in [0.25, 0.3) is 0 Å². The summed E-state index contributed by atoms with van der Waals surface area (Å²) in [6, 6.07) is 15.4. The number of nitrogens with one attached hydrogen (secondary N) is 1. The number of nitrogens with zero attached hydrogens (tertiary/aromatic N) is 6. The monoisotopic (exact) mass is 469 g/mol. The van der Waals surface area contributed by atoms with Crippen LogP contribution < -0.4 is 15.1 Å². The molecular formula is C27H31N7O. The molecule has 1 aromatic carbocycles. The zero-order valence-corrected chi connectivity index (χ0v) is 19.9. The third-order valence-corrected chi connectivity index (χ3v) is 7.77. The zero-order chi connectivity index (χ0) is 23.8. The molecular weight excluding hydrogens is 438 g/mol. The molecule has 3 fully saturated rings. The van der Waals surface area contributed by atoms with E-state index in [1.165, 1.54) is 11.3 Å². The fourth-order valence-corrected chi connectivity index (χ4v) is 5.56. The first-order valence-corrected chi connectivity index (χ1v) is 12.7. The van der Waals surface area contributed by atoms with E-state index < -0.39 is 0 Å². The largest absolute Gasteiger partial charge is 0.369 e. The molecule has 0 atom stereocenters. The number of benzene rings is 1. The predicted octanol–water partition coefficient (Wildman–Crippen LogP) is 2.61. The summed E-state index contributed by atoms with van der Waals surface area (Å²) >= 11 is 0. The number of anilines is 2. The molecule has 180 valence electrons. The summed E-state index contributed by atoms with van der Waals surface area (Å²) in [6.07, 6.45) is 5.40. The first-order valence-electron chi connectivity index (χ1n) is 12.7. The van der Waals surface area contributed by atoms with Crippen LogP contribution in [0.2, 0.25) is 0 Å². The van der Waals surface area contributed by atoms with Crippen LogP contribution in [0, 0.1) is 23.2 Å². The van der Waals surface area contributed by atoms with Crippen LogP contribution in [0.15, 0.2) is 48.8 Å². The van der Waals surface area contributed by atoms with Gasteiger partial charge >= 0.3 is 0 Å². The van der Waals surface area contributed by atoms with Gasteiger partial charge in [-0.25, -0.2) is 4.52 Å². The molecule has 2 aromatic heterocycles. The summed E-state index contributed by atoms with van der Waals surface area (Å²) in [5.74, 6) is 0.340. The predicted molar refractivity (Wildman–Crippen MR) is 136 cm³/mol. The third kappa shape index (κ3) is 4.21. The van der Waals surface area contributed by atoms with E-state index in [0.29, 0.717) is 0 Å². The molecule has 3 aromatic rings. The second-order valence-corrected chi connectivity index (χ2v) is 9.87. The van der Waals surface area contributed by atoms with Crippen molar-refractivity contribution < 1.29 is 4.79 Å². The van der Waals surface area contributed by atoms with Gasteiger partial charge in [-0.1, -0.05) is 12.1 Å². The van der Waals surface area contributed by atoms with Crippen LogP contribution in [0.5, 0.6) is 0 Å². The van der Waals surface area contributed by atoms with Crippen molar-refractivity contribution in [2.75, 3.05) is 62.2 Å². The lowest BCUT2D eigenvalue weighted by atomic mass is 9.75. The number of piperazine rings is 2. The topological polar surface area (TPSA) is 79.9 Å². The van der Waals surface area contributed by atoms with E-state index >= 15 is 0 Å². The average Bonchev–Trinajstić information content (AvgIpc) is 3.33. The van der Waals surface area contributed by atoms with Gasteiger partial charge in [-0.15, -0.1) is 0 Å². The molecule has 4 heterocycles. The number of amides is 1. The van der Waals surface area contributed by atoms with Crippen LogP contribution in [0.1, 0.15) is 12.8 Å². The number of hydrogen-bond donors (Lipinski definition) is 1. The number of carbonyl (C=O) groups excluding carboxylic acids is 1. The van der Waals surface area contributed by atoms with Gasteiger partial charge in [0.1, 0.15) is 0 Å². The minimum absolute atomic E-state index is 0.0463. The van der Waals surface area contributed by atoms with E-state index in [-0.39, 0.29) is 17.7 Å². The second kappa shape index (κ2) is 9.23. The molecule has 2 aliphatic heterocycles. The highest BCUT2D eigenvalue weighted by molar-refractivity contribution is 5.82. The first-order chi connectivity index (χ1) is 17.2.